The van der Waals surface area contributed by atoms with Crippen molar-refractivity contribution in [3.8, 4) is 0 Å². The van der Waals surface area contributed by atoms with E-state index >= 15 is 0 Å². The van der Waals surface area contributed by atoms with Crippen molar-refractivity contribution >= 4 is 23.1 Å². The van der Waals surface area contributed by atoms with Crippen LogP contribution in [-0.4, -0.2) is 12.3 Å². The van der Waals surface area contributed by atoms with Crippen molar-refractivity contribution in [1.82, 2.24) is 5.32 Å². The van der Waals surface area contributed by atoms with Gasteiger partial charge >= 0.3 is 0 Å². The summed E-state index contributed by atoms with van der Waals surface area (Å²) in [4.78, 5) is 3.21. The molecule has 3 heteroatoms. The third-order valence-corrected chi connectivity index (χ3v) is 5.51. The van der Waals surface area contributed by atoms with Crippen LogP contribution >= 0.6 is 23.1 Å². The molecule has 0 fully saturated rings. The van der Waals surface area contributed by atoms with Gasteiger partial charge in [-0.25, -0.2) is 0 Å². The summed E-state index contributed by atoms with van der Waals surface area (Å²) in [6, 6.07) is 3.03. The zero-order chi connectivity index (χ0) is 12.3. The van der Waals surface area contributed by atoms with Gasteiger partial charge in [-0.05, 0) is 42.7 Å². The molecule has 0 spiro atoms. The number of hydrogen-bond donors (Lipinski definition) is 1. The Morgan fingerprint density at radius 2 is 2.24 bits per heavy atom. The Morgan fingerprint density at radius 3 is 2.88 bits per heavy atom. The molecular formula is C14H23NS2. The lowest BCUT2D eigenvalue weighted by Crippen LogP contribution is -2.21. The summed E-state index contributed by atoms with van der Waals surface area (Å²) in [7, 11) is 0. The zero-order valence-electron chi connectivity index (χ0n) is 11.1. The second-order valence-electron chi connectivity index (χ2n) is 5.14. The Morgan fingerprint density at radius 1 is 1.41 bits per heavy atom. The number of hydrogen-bond acceptors (Lipinski definition) is 3. The van der Waals surface area contributed by atoms with E-state index < -0.39 is 0 Å². The summed E-state index contributed by atoms with van der Waals surface area (Å²) in [5, 5.41) is 3.64. The van der Waals surface area contributed by atoms with Gasteiger partial charge in [-0.3, -0.25) is 0 Å². The van der Waals surface area contributed by atoms with Gasteiger partial charge in [-0.2, -0.15) is 11.8 Å². The average Bonchev–Trinajstić information content (AvgIpc) is 2.71. The molecule has 1 atom stereocenters. The SMILES string of the molecule is CCNC(CC(C)C)c1cc2c(s1)CCSC2. The van der Waals surface area contributed by atoms with Crippen LogP contribution in [0.25, 0.3) is 0 Å². The molecule has 0 aromatic carbocycles. The van der Waals surface area contributed by atoms with Crippen LogP contribution in [0.4, 0.5) is 0 Å². The van der Waals surface area contributed by atoms with E-state index in [0.717, 1.165) is 12.5 Å². The highest BCUT2D eigenvalue weighted by Crippen LogP contribution is 2.36. The summed E-state index contributed by atoms with van der Waals surface area (Å²) >= 11 is 4.13. The Balaban J connectivity index is 2.14. The van der Waals surface area contributed by atoms with Crippen molar-refractivity contribution in [3.05, 3.63) is 21.4 Å². The van der Waals surface area contributed by atoms with Crippen molar-refractivity contribution < 1.29 is 0 Å². The molecular weight excluding hydrogens is 246 g/mol. The molecule has 1 aliphatic heterocycles. The molecule has 0 saturated carbocycles. The molecule has 2 rings (SSSR count). The lowest BCUT2D eigenvalue weighted by Gasteiger charge is -2.18. The fourth-order valence-corrected chi connectivity index (χ4v) is 4.82. The maximum atomic E-state index is 3.64. The van der Waals surface area contributed by atoms with Crippen LogP contribution in [0.5, 0.6) is 0 Å². The Kier molecular flexibility index (Phi) is 4.95. The van der Waals surface area contributed by atoms with Crippen LogP contribution in [0.15, 0.2) is 6.07 Å². The van der Waals surface area contributed by atoms with Crippen LogP contribution in [0.3, 0.4) is 0 Å². The van der Waals surface area contributed by atoms with Crippen LogP contribution in [0, 0.1) is 5.92 Å². The minimum absolute atomic E-state index is 0.570. The molecule has 0 bridgehead atoms. The summed E-state index contributed by atoms with van der Waals surface area (Å²) in [6.07, 6.45) is 2.53. The van der Waals surface area contributed by atoms with Gasteiger partial charge in [0.25, 0.3) is 0 Å². The normalized spacial score (nSPS) is 17.2. The zero-order valence-corrected chi connectivity index (χ0v) is 12.7. The van der Waals surface area contributed by atoms with Crippen molar-refractivity contribution in [2.45, 2.75) is 45.4 Å². The minimum atomic E-state index is 0.570. The number of nitrogens with one attached hydrogen (secondary N) is 1. The third kappa shape index (κ3) is 3.49. The van der Waals surface area contributed by atoms with E-state index in [-0.39, 0.29) is 0 Å². The molecule has 1 N–H and O–H groups in total. The van der Waals surface area contributed by atoms with Gasteiger partial charge in [-0.15, -0.1) is 11.3 Å². The highest BCUT2D eigenvalue weighted by Gasteiger charge is 2.19. The van der Waals surface area contributed by atoms with Crippen molar-refractivity contribution in [2.75, 3.05) is 12.3 Å². The minimum Gasteiger partial charge on any atom is -0.310 e. The van der Waals surface area contributed by atoms with Crippen LogP contribution < -0.4 is 5.32 Å². The highest BCUT2D eigenvalue weighted by molar-refractivity contribution is 7.98. The summed E-state index contributed by atoms with van der Waals surface area (Å²) in [6.45, 7) is 7.90. The molecule has 1 nitrogen and oxygen atoms in total. The van der Waals surface area contributed by atoms with Crippen molar-refractivity contribution in [3.63, 3.8) is 0 Å². The summed E-state index contributed by atoms with van der Waals surface area (Å²) < 4.78 is 0. The molecule has 1 aromatic heterocycles. The summed E-state index contributed by atoms with van der Waals surface area (Å²) in [5.74, 6) is 3.29. The first-order chi connectivity index (χ1) is 8.20. The molecule has 0 radical (unpaired) electrons. The van der Waals surface area contributed by atoms with Gasteiger partial charge in [0.2, 0.25) is 0 Å². The van der Waals surface area contributed by atoms with Crippen molar-refractivity contribution in [1.29, 1.82) is 0 Å². The molecule has 2 heterocycles. The fourth-order valence-electron chi connectivity index (χ4n) is 2.36. The van der Waals surface area contributed by atoms with E-state index in [4.69, 9.17) is 0 Å². The predicted octanol–water partition coefficient (Wildman–Crippen LogP) is 4.23. The monoisotopic (exact) mass is 269 g/mol. The van der Waals surface area contributed by atoms with E-state index in [9.17, 15) is 0 Å². The van der Waals surface area contributed by atoms with Crippen LogP contribution in [0.2, 0.25) is 0 Å². The van der Waals surface area contributed by atoms with Gasteiger partial charge < -0.3 is 5.32 Å². The number of fused-ring (bicyclic) bond motifs is 1. The van der Waals surface area contributed by atoms with Gasteiger partial charge in [0.05, 0.1) is 0 Å². The van der Waals surface area contributed by atoms with E-state index in [1.54, 1.807) is 15.3 Å². The first-order valence-electron chi connectivity index (χ1n) is 6.63. The maximum absolute atomic E-state index is 3.64. The molecule has 1 aliphatic rings. The van der Waals surface area contributed by atoms with Gasteiger partial charge in [0.15, 0.2) is 0 Å². The van der Waals surface area contributed by atoms with Gasteiger partial charge in [0, 0.05) is 21.5 Å². The second kappa shape index (κ2) is 6.26. The predicted molar refractivity (Wildman–Crippen MR) is 80.1 cm³/mol. The Hall–Kier alpha value is 0.01000. The van der Waals surface area contributed by atoms with E-state index in [2.05, 4.69) is 43.9 Å². The quantitative estimate of drug-likeness (QED) is 0.858. The van der Waals surface area contributed by atoms with E-state index in [1.807, 2.05) is 11.3 Å². The number of aryl methyl sites for hydroxylation is 1. The second-order valence-corrected chi connectivity index (χ2v) is 7.41. The van der Waals surface area contributed by atoms with E-state index in [0.29, 0.717) is 6.04 Å². The molecule has 17 heavy (non-hydrogen) atoms. The topological polar surface area (TPSA) is 12.0 Å². The first-order valence-corrected chi connectivity index (χ1v) is 8.60. The van der Waals surface area contributed by atoms with Crippen molar-refractivity contribution in [2.24, 2.45) is 5.92 Å². The summed E-state index contributed by atoms with van der Waals surface area (Å²) in [5.41, 5.74) is 1.60. The maximum Gasteiger partial charge on any atom is 0.0417 e. The standard InChI is InChI=1S/C14H23NS2/c1-4-15-12(7-10(2)3)14-8-11-9-16-6-5-13(11)17-14/h8,10,12,15H,4-7,9H2,1-3H3. The Labute approximate surface area is 113 Å². The van der Waals surface area contributed by atoms with E-state index in [1.165, 1.54) is 24.3 Å². The van der Waals surface area contributed by atoms with Gasteiger partial charge in [-0.1, -0.05) is 20.8 Å². The molecule has 0 amide bonds. The molecule has 0 saturated heterocycles. The lowest BCUT2D eigenvalue weighted by atomic mass is 10.0. The van der Waals surface area contributed by atoms with Gasteiger partial charge in [0.1, 0.15) is 0 Å². The number of thioether (sulfide) groups is 1. The highest BCUT2D eigenvalue weighted by atomic mass is 32.2. The molecule has 1 aromatic rings. The fraction of sp³-hybridized carbons (Fsp3) is 0.714. The first kappa shape index (κ1) is 13.4. The number of rotatable bonds is 5. The van der Waals surface area contributed by atoms with Crippen LogP contribution in [-0.2, 0) is 12.2 Å². The average molecular weight is 269 g/mol. The molecule has 0 aliphatic carbocycles. The number of thiophene rings is 1. The molecule has 1 unspecified atom stereocenters. The molecule has 96 valence electrons. The smallest absolute Gasteiger partial charge is 0.0417 e. The Bertz CT molecular complexity index is 334. The van der Waals surface area contributed by atoms with Crippen LogP contribution in [0.1, 0.15) is 48.6 Å². The largest absolute Gasteiger partial charge is 0.310 e. The third-order valence-electron chi connectivity index (χ3n) is 3.15. The lowest BCUT2D eigenvalue weighted by molar-refractivity contribution is 0.443.